The van der Waals surface area contributed by atoms with E-state index < -0.39 is 0 Å². The third kappa shape index (κ3) is 3.20. The van der Waals surface area contributed by atoms with Crippen molar-refractivity contribution in [3.8, 4) is 10.6 Å². The molecule has 0 fully saturated rings. The molecule has 0 amide bonds. The van der Waals surface area contributed by atoms with Crippen LogP contribution in [-0.2, 0) is 6.54 Å². The second-order valence-corrected chi connectivity index (χ2v) is 6.75. The van der Waals surface area contributed by atoms with Crippen molar-refractivity contribution in [3.05, 3.63) is 56.4 Å². The average Bonchev–Trinajstić information content (AvgIpc) is 2.85. The Labute approximate surface area is 149 Å². The van der Waals surface area contributed by atoms with E-state index in [2.05, 4.69) is 15.3 Å². The largest absolute Gasteiger partial charge is 0.324 e. The molecule has 0 bridgehead atoms. The van der Waals surface area contributed by atoms with Crippen molar-refractivity contribution in [1.82, 2.24) is 14.5 Å². The first-order chi connectivity index (χ1) is 11.5. The molecular weight excluding hydrogens is 344 g/mol. The van der Waals surface area contributed by atoms with Gasteiger partial charge in [0.1, 0.15) is 0 Å². The van der Waals surface area contributed by atoms with Gasteiger partial charge in [0, 0.05) is 29.1 Å². The fraction of sp³-hybridized carbons (Fsp3) is 0.235. The molecular formula is C17H17ClN4OS. The quantitative estimate of drug-likeness (QED) is 0.749. The Morgan fingerprint density at radius 3 is 2.75 bits per heavy atom. The summed E-state index contributed by atoms with van der Waals surface area (Å²) < 4.78 is 1.75. The monoisotopic (exact) mass is 360 g/mol. The van der Waals surface area contributed by atoms with Gasteiger partial charge in [-0.3, -0.25) is 4.79 Å². The summed E-state index contributed by atoms with van der Waals surface area (Å²) in [6, 6.07) is 7.47. The van der Waals surface area contributed by atoms with Gasteiger partial charge < -0.3 is 9.88 Å². The second kappa shape index (κ2) is 6.75. The molecule has 1 N–H and O–H groups in total. The van der Waals surface area contributed by atoms with Crippen LogP contribution in [0.25, 0.3) is 10.6 Å². The van der Waals surface area contributed by atoms with Crippen LogP contribution in [0.4, 0.5) is 11.6 Å². The van der Waals surface area contributed by atoms with Gasteiger partial charge in [-0.2, -0.15) is 0 Å². The van der Waals surface area contributed by atoms with Crippen LogP contribution in [0.1, 0.15) is 18.2 Å². The zero-order valence-electron chi connectivity index (χ0n) is 13.6. The topological polar surface area (TPSA) is 59.8 Å². The third-order valence-corrected chi connectivity index (χ3v) is 5.29. The number of anilines is 2. The molecule has 2 heterocycles. The first kappa shape index (κ1) is 16.7. The van der Waals surface area contributed by atoms with E-state index in [9.17, 15) is 4.79 Å². The van der Waals surface area contributed by atoms with Crippen molar-refractivity contribution in [3.63, 3.8) is 0 Å². The van der Waals surface area contributed by atoms with E-state index in [1.54, 1.807) is 10.8 Å². The van der Waals surface area contributed by atoms with Gasteiger partial charge in [0.15, 0.2) is 0 Å². The van der Waals surface area contributed by atoms with Gasteiger partial charge >= 0.3 is 4.87 Å². The van der Waals surface area contributed by atoms with Gasteiger partial charge in [-0.25, -0.2) is 9.97 Å². The van der Waals surface area contributed by atoms with Gasteiger partial charge in [0.05, 0.1) is 10.6 Å². The third-order valence-electron chi connectivity index (χ3n) is 3.76. The number of halogens is 1. The van der Waals surface area contributed by atoms with E-state index >= 15 is 0 Å². The van der Waals surface area contributed by atoms with Crippen LogP contribution in [0.5, 0.6) is 0 Å². The normalized spacial score (nSPS) is 10.8. The fourth-order valence-electron chi connectivity index (χ4n) is 2.48. The molecule has 1 aromatic carbocycles. The summed E-state index contributed by atoms with van der Waals surface area (Å²) in [4.78, 5) is 21.7. The van der Waals surface area contributed by atoms with Crippen molar-refractivity contribution < 1.29 is 0 Å². The number of rotatable bonds is 4. The predicted octanol–water partition coefficient (Wildman–Crippen LogP) is 4.40. The smallest absolute Gasteiger partial charge is 0.307 e. The molecule has 0 radical (unpaired) electrons. The maximum Gasteiger partial charge on any atom is 0.307 e. The Hall–Kier alpha value is -2.18. The summed E-state index contributed by atoms with van der Waals surface area (Å²) in [7, 11) is 0. The SMILES string of the molecule is CCn1c(C)c(-c2ccnc(Nc3ccc(Cl)c(C)c3)n2)sc1=O. The first-order valence-corrected chi connectivity index (χ1v) is 8.76. The summed E-state index contributed by atoms with van der Waals surface area (Å²) in [5.41, 5.74) is 3.52. The highest BCUT2D eigenvalue weighted by Crippen LogP contribution is 2.26. The van der Waals surface area contributed by atoms with Crippen molar-refractivity contribution in [2.24, 2.45) is 0 Å². The zero-order chi connectivity index (χ0) is 17.3. The van der Waals surface area contributed by atoms with Crippen molar-refractivity contribution >= 4 is 34.6 Å². The summed E-state index contributed by atoms with van der Waals surface area (Å²) in [6.45, 7) is 6.50. The van der Waals surface area contributed by atoms with E-state index in [0.29, 0.717) is 12.5 Å². The molecule has 24 heavy (non-hydrogen) atoms. The maximum atomic E-state index is 12.0. The Balaban J connectivity index is 1.95. The minimum atomic E-state index is 0.0337. The minimum Gasteiger partial charge on any atom is -0.324 e. The lowest BCUT2D eigenvalue weighted by Crippen LogP contribution is -2.12. The molecule has 3 aromatic rings. The van der Waals surface area contributed by atoms with Crippen LogP contribution in [0, 0.1) is 13.8 Å². The Kier molecular flexibility index (Phi) is 4.69. The number of hydrogen-bond donors (Lipinski definition) is 1. The number of nitrogens with zero attached hydrogens (tertiary/aromatic N) is 3. The zero-order valence-corrected chi connectivity index (χ0v) is 15.2. The van der Waals surface area contributed by atoms with Crippen molar-refractivity contribution in [2.45, 2.75) is 27.3 Å². The minimum absolute atomic E-state index is 0.0337. The summed E-state index contributed by atoms with van der Waals surface area (Å²) in [5, 5.41) is 3.89. The van der Waals surface area contributed by atoms with Crippen LogP contribution in [-0.4, -0.2) is 14.5 Å². The molecule has 124 valence electrons. The lowest BCUT2D eigenvalue weighted by molar-refractivity contribution is 0.724. The van der Waals surface area contributed by atoms with E-state index in [1.807, 2.05) is 45.0 Å². The van der Waals surface area contributed by atoms with E-state index in [-0.39, 0.29) is 4.87 Å². The molecule has 0 saturated heterocycles. The molecule has 0 aliphatic carbocycles. The van der Waals surface area contributed by atoms with Crippen molar-refractivity contribution in [2.75, 3.05) is 5.32 Å². The van der Waals surface area contributed by atoms with E-state index in [1.165, 1.54) is 11.3 Å². The molecule has 0 unspecified atom stereocenters. The Morgan fingerprint density at radius 2 is 2.08 bits per heavy atom. The van der Waals surface area contributed by atoms with Gasteiger partial charge in [-0.1, -0.05) is 22.9 Å². The number of thiazole rings is 1. The molecule has 0 aliphatic heterocycles. The summed E-state index contributed by atoms with van der Waals surface area (Å²) in [5.74, 6) is 0.484. The highest BCUT2D eigenvalue weighted by Gasteiger charge is 2.13. The molecule has 0 saturated carbocycles. The predicted molar refractivity (Wildman–Crippen MR) is 99.5 cm³/mol. The lowest BCUT2D eigenvalue weighted by Gasteiger charge is -2.08. The number of aromatic nitrogens is 3. The van der Waals surface area contributed by atoms with Crippen LogP contribution in [0.2, 0.25) is 5.02 Å². The first-order valence-electron chi connectivity index (χ1n) is 7.56. The van der Waals surface area contributed by atoms with Crippen LogP contribution in [0.3, 0.4) is 0 Å². The molecule has 0 atom stereocenters. The fourth-order valence-corrected chi connectivity index (χ4v) is 3.62. The average molecular weight is 361 g/mol. The summed E-state index contributed by atoms with van der Waals surface area (Å²) >= 11 is 7.26. The highest BCUT2D eigenvalue weighted by molar-refractivity contribution is 7.13. The molecule has 7 heteroatoms. The van der Waals surface area contributed by atoms with Crippen molar-refractivity contribution in [1.29, 1.82) is 0 Å². The molecule has 5 nitrogen and oxygen atoms in total. The molecule has 3 rings (SSSR count). The molecule has 2 aromatic heterocycles. The van der Waals surface area contributed by atoms with Gasteiger partial charge in [-0.05, 0) is 50.6 Å². The van der Waals surface area contributed by atoms with E-state index in [4.69, 9.17) is 11.6 Å². The number of nitrogens with one attached hydrogen (secondary N) is 1. The molecule has 0 spiro atoms. The Morgan fingerprint density at radius 1 is 1.29 bits per heavy atom. The Bertz CT molecular complexity index is 948. The molecule has 0 aliphatic rings. The number of aryl methyl sites for hydroxylation is 1. The lowest BCUT2D eigenvalue weighted by atomic mass is 10.2. The second-order valence-electron chi connectivity index (χ2n) is 5.38. The van der Waals surface area contributed by atoms with Gasteiger partial charge in [0.25, 0.3) is 0 Å². The standard InChI is InChI=1S/C17H17ClN4OS/c1-4-22-11(3)15(24-17(22)23)14-7-8-19-16(21-14)20-12-5-6-13(18)10(2)9-12/h5-9H,4H2,1-3H3,(H,19,20,21). The van der Waals surface area contributed by atoms with Gasteiger partial charge in [-0.15, -0.1) is 0 Å². The number of benzene rings is 1. The van der Waals surface area contributed by atoms with E-state index in [0.717, 1.165) is 32.5 Å². The van der Waals surface area contributed by atoms with Crippen LogP contribution in [0.15, 0.2) is 35.3 Å². The maximum absolute atomic E-state index is 12.0. The van der Waals surface area contributed by atoms with Crippen LogP contribution < -0.4 is 10.2 Å². The van der Waals surface area contributed by atoms with Crippen LogP contribution >= 0.6 is 22.9 Å². The highest BCUT2D eigenvalue weighted by atomic mass is 35.5. The summed E-state index contributed by atoms with van der Waals surface area (Å²) in [6.07, 6.45) is 1.69. The van der Waals surface area contributed by atoms with Gasteiger partial charge in [0.2, 0.25) is 5.95 Å². The number of hydrogen-bond acceptors (Lipinski definition) is 5.